The molecular formula is C5H9NO. The van der Waals surface area contributed by atoms with Crippen LogP contribution in [-0.4, -0.2) is 11.7 Å². The molecule has 3 N–H and O–H groups in total. The number of allylic oxidation sites excluding steroid dienone is 2. The van der Waals surface area contributed by atoms with Gasteiger partial charge in [0.2, 0.25) is 0 Å². The monoisotopic (exact) mass is 99.1 g/mol. The van der Waals surface area contributed by atoms with Crippen LogP contribution in [0.2, 0.25) is 0 Å². The number of aliphatic hydroxyl groups excluding tert-OH is 1. The molecule has 0 bridgehead atoms. The first-order valence-corrected chi connectivity index (χ1v) is 2.06. The highest BCUT2D eigenvalue weighted by atomic mass is 16.2. The summed E-state index contributed by atoms with van der Waals surface area (Å²) in [6.07, 6.45) is 6.34. The third-order valence-electron chi connectivity index (χ3n) is 0.464. The standard InChI is InChI=1S/C5H9NO/c6-4-2-1-3-5-7/h1-4,7H,5-6H2/b3-1-,4-2-. The molecule has 0 heterocycles. The molecule has 0 spiro atoms. The zero-order chi connectivity index (χ0) is 5.54. The van der Waals surface area contributed by atoms with Crippen molar-refractivity contribution in [2.24, 2.45) is 5.73 Å². The second-order valence-electron chi connectivity index (χ2n) is 0.996. The second-order valence-corrected chi connectivity index (χ2v) is 0.996. The summed E-state index contributed by atoms with van der Waals surface area (Å²) in [6.45, 7) is 0.0737. The maximum absolute atomic E-state index is 8.13. The molecular weight excluding hydrogens is 90.1 g/mol. The number of hydrogen-bond acceptors (Lipinski definition) is 2. The van der Waals surface area contributed by atoms with Crippen molar-refractivity contribution in [3.05, 3.63) is 24.4 Å². The molecule has 0 atom stereocenters. The van der Waals surface area contributed by atoms with Gasteiger partial charge in [-0.3, -0.25) is 0 Å². The lowest BCUT2D eigenvalue weighted by atomic mass is 10.5. The van der Waals surface area contributed by atoms with Crippen molar-refractivity contribution in [1.82, 2.24) is 0 Å². The summed E-state index contributed by atoms with van der Waals surface area (Å²) in [5.74, 6) is 0. The van der Waals surface area contributed by atoms with Gasteiger partial charge in [0.05, 0.1) is 6.61 Å². The Hall–Kier alpha value is -0.760. The summed E-state index contributed by atoms with van der Waals surface area (Å²) in [4.78, 5) is 0. The molecule has 0 radical (unpaired) electrons. The molecule has 0 aromatic heterocycles. The Kier molecular flexibility index (Phi) is 4.67. The third kappa shape index (κ3) is 5.24. The van der Waals surface area contributed by atoms with Crippen molar-refractivity contribution in [3.8, 4) is 0 Å². The van der Waals surface area contributed by atoms with E-state index in [1.165, 1.54) is 6.20 Å². The van der Waals surface area contributed by atoms with Crippen LogP contribution in [0.3, 0.4) is 0 Å². The van der Waals surface area contributed by atoms with Crippen LogP contribution in [-0.2, 0) is 0 Å². The predicted octanol–water partition coefficient (Wildman–Crippen LogP) is 0.00730. The molecule has 0 aliphatic heterocycles. The fourth-order valence-electron chi connectivity index (χ4n) is 0.204. The van der Waals surface area contributed by atoms with E-state index < -0.39 is 0 Å². The molecule has 0 aromatic carbocycles. The number of rotatable bonds is 2. The minimum atomic E-state index is 0.0737. The fourth-order valence-corrected chi connectivity index (χ4v) is 0.204. The van der Waals surface area contributed by atoms with E-state index in [1.54, 1.807) is 18.2 Å². The first kappa shape index (κ1) is 6.24. The van der Waals surface area contributed by atoms with Crippen LogP contribution in [0.4, 0.5) is 0 Å². The summed E-state index contributed by atoms with van der Waals surface area (Å²) in [7, 11) is 0. The molecule has 0 rings (SSSR count). The topological polar surface area (TPSA) is 46.2 Å². The summed E-state index contributed by atoms with van der Waals surface area (Å²) in [5.41, 5.74) is 4.96. The van der Waals surface area contributed by atoms with Crippen molar-refractivity contribution in [2.45, 2.75) is 0 Å². The first-order chi connectivity index (χ1) is 3.41. The van der Waals surface area contributed by atoms with E-state index in [9.17, 15) is 0 Å². The average molecular weight is 99.1 g/mol. The second kappa shape index (κ2) is 5.24. The first-order valence-electron chi connectivity index (χ1n) is 2.06. The summed E-state index contributed by atoms with van der Waals surface area (Å²) in [6, 6.07) is 0. The molecule has 0 unspecified atom stereocenters. The Morgan fingerprint density at radius 2 is 2.14 bits per heavy atom. The van der Waals surface area contributed by atoms with Gasteiger partial charge >= 0.3 is 0 Å². The largest absolute Gasteiger partial charge is 0.405 e. The third-order valence-corrected chi connectivity index (χ3v) is 0.464. The van der Waals surface area contributed by atoms with Crippen molar-refractivity contribution < 1.29 is 5.11 Å². The molecule has 7 heavy (non-hydrogen) atoms. The van der Waals surface area contributed by atoms with Crippen LogP contribution >= 0.6 is 0 Å². The quantitative estimate of drug-likeness (QED) is 0.479. The minimum absolute atomic E-state index is 0.0737. The Bertz CT molecular complexity index is 76.1. The lowest BCUT2D eigenvalue weighted by molar-refractivity contribution is 0.343. The molecule has 0 amide bonds. The van der Waals surface area contributed by atoms with Gasteiger partial charge in [0.15, 0.2) is 0 Å². The van der Waals surface area contributed by atoms with Gasteiger partial charge in [-0.2, -0.15) is 0 Å². The zero-order valence-electron chi connectivity index (χ0n) is 4.04. The molecule has 2 nitrogen and oxygen atoms in total. The van der Waals surface area contributed by atoms with Gasteiger partial charge in [0.25, 0.3) is 0 Å². The van der Waals surface area contributed by atoms with Gasteiger partial charge in [-0.1, -0.05) is 12.2 Å². The minimum Gasteiger partial charge on any atom is -0.405 e. The van der Waals surface area contributed by atoms with Crippen molar-refractivity contribution >= 4 is 0 Å². The predicted molar refractivity (Wildman–Crippen MR) is 29.6 cm³/mol. The highest BCUT2D eigenvalue weighted by molar-refractivity contribution is 5.00. The van der Waals surface area contributed by atoms with Gasteiger partial charge in [-0.25, -0.2) is 0 Å². The lowest BCUT2D eigenvalue weighted by Gasteiger charge is -1.71. The van der Waals surface area contributed by atoms with E-state index in [0.717, 1.165) is 0 Å². The summed E-state index contributed by atoms with van der Waals surface area (Å²) in [5, 5.41) is 8.13. The van der Waals surface area contributed by atoms with Crippen LogP contribution in [0.25, 0.3) is 0 Å². The van der Waals surface area contributed by atoms with Gasteiger partial charge in [0, 0.05) is 0 Å². The van der Waals surface area contributed by atoms with Gasteiger partial charge in [0.1, 0.15) is 0 Å². The molecule has 2 heteroatoms. The van der Waals surface area contributed by atoms with Crippen LogP contribution < -0.4 is 5.73 Å². The number of nitrogens with two attached hydrogens (primary N) is 1. The van der Waals surface area contributed by atoms with E-state index in [1.807, 2.05) is 0 Å². The van der Waals surface area contributed by atoms with Crippen molar-refractivity contribution in [1.29, 1.82) is 0 Å². The van der Waals surface area contributed by atoms with Gasteiger partial charge in [-0.05, 0) is 12.3 Å². The smallest absolute Gasteiger partial charge is 0.0615 e. The molecule has 0 saturated heterocycles. The average Bonchev–Trinajstić information content (AvgIpc) is 1.69. The highest BCUT2D eigenvalue weighted by Crippen LogP contribution is 1.69. The van der Waals surface area contributed by atoms with Crippen LogP contribution in [0.5, 0.6) is 0 Å². The molecule has 0 fully saturated rings. The van der Waals surface area contributed by atoms with E-state index in [-0.39, 0.29) is 6.61 Å². The maximum Gasteiger partial charge on any atom is 0.0615 e. The molecule has 0 saturated carbocycles. The van der Waals surface area contributed by atoms with E-state index in [0.29, 0.717) is 0 Å². The molecule has 40 valence electrons. The Morgan fingerprint density at radius 1 is 1.43 bits per heavy atom. The Morgan fingerprint density at radius 3 is 2.57 bits per heavy atom. The van der Waals surface area contributed by atoms with E-state index in [2.05, 4.69) is 0 Å². The Balaban J connectivity index is 3.09. The van der Waals surface area contributed by atoms with Crippen molar-refractivity contribution in [3.63, 3.8) is 0 Å². The van der Waals surface area contributed by atoms with E-state index in [4.69, 9.17) is 10.8 Å². The zero-order valence-corrected chi connectivity index (χ0v) is 4.04. The highest BCUT2D eigenvalue weighted by Gasteiger charge is 1.58. The van der Waals surface area contributed by atoms with Crippen LogP contribution in [0.1, 0.15) is 0 Å². The van der Waals surface area contributed by atoms with Gasteiger partial charge in [-0.15, -0.1) is 0 Å². The molecule has 0 aliphatic rings. The fraction of sp³-hybridized carbons (Fsp3) is 0.200. The van der Waals surface area contributed by atoms with E-state index >= 15 is 0 Å². The lowest BCUT2D eigenvalue weighted by Crippen LogP contribution is -1.73. The molecule has 0 aliphatic carbocycles. The van der Waals surface area contributed by atoms with Crippen LogP contribution in [0.15, 0.2) is 24.4 Å². The number of hydrogen-bond donors (Lipinski definition) is 2. The number of aliphatic hydroxyl groups is 1. The maximum atomic E-state index is 8.13. The van der Waals surface area contributed by atoms with Gasteiger partial charge < -0.3 is 10.8 Å². The summed E-state index contributed by atoms with van der Waals surface area (Å²) < 4.78 is 0. The SMILES string of the molecule is N/C=C\C=C/CO. The summed E-state index contributed by atoms with van der Waals surface area (Å²) >= 11 is 0. The van der Waals surface area contributed by atoms with Crippen LogP contribution in [0, 0.1) is 0 Å². The Labute approximate surface area is 43.0 Å². The molecule has 0 aromatic rings. The van der Waals surface area contributed by atoms with Crippen molar-refractivity contribution in [2.75, 3.05) is 6.61 Å². The normalized spacial score (nSPS) is 11.6.